The summed E-state index contributed by atoms with van der Waals surface area (Å²) in [4.78, 5) is 13.6. The first-order chi connectivity index (χ1) is 8.50. The molecule has 0 saturated carbocycles. The van der Waals surface area contributed by atoms with Crippen molar-refractivity contribution < 1.29 is 14.3 Å². The van der Waals surface area contributed by atoms with Gasteiger partial charge >= 0.3 is 0 Å². The van der Waals surface area contributed by atoms with Gasteiger partial charge < -0.3 is 14.4 Å². The number of benzene rings is 1. The zero-order valence-corrected chi connectivity index (χ0v) is 11.1. The lowest BCUT2D eigenvalue weighted by Crippen LogP contribution is -2.51. The minimum atomic E-state index is -0.264. The predicted molar refractivity (Wildman–Crippen MR) is 68.4 cm³/mol. The van der Waals surface area contributed by atoms with Crippen LogP contribution in [0.4, 0.5) is 0 Å². The normalized spacial score (nSPS) is 18.8. The molecule has 1 aliphatic heterocycles. The summed E-state index contributed by atoms with van der Waals surface area (Å²) in [5.41, 5.74) is 0.835. The molecule has 0 radical (unpaired) electrons. The zero-order chi connectivity index (χ0) is 13.2. The van der Waals surface area contributed by atoms with Crippen molar-refractivity contribution >= 4 is 5.91 Å². The van der Waals surface area contributed by atoms with E-state index in [2.05, 4.69) is 0 Å². The van der Waals surface area contributed by atoms with E-state index in [0.29, 0.717) is 13.1 Å². The molecule has 0 spiro atoms. The van der Waals surface area contributed by atoms with Gasteiger partial charge in [-0.25, -0.2) is 0 Å². The lowest BCUT2D eigenvalue weighted by atomic mass is 10.1. The Morgan fingerprint density at radius 2 is 2.00 bits per heavy atom. The average molecular weight is 249 g/mol. The van der Waals surface area contributed by atoms with Gasteiger partial charge in [0, 0.05) is 13.1 Å². The molecule has 18 heavy (non-hydrogen) atoms. The molecule has 1 saturated heterocycles. The number of morpholine rings is 1. The maximum absolute atomic E-state index is 11.8. The van der Waals surface area contributed by atoms with E-state index in [9.17, 15) is 4.79 Å². The molecular formula is C14H19NO3. The Kier molecular flexibility index (Phi) is 3.57. The summed E-state index contributed by atoms with van der Waals surface area (Å²) in [6.07, 6.45) is 0. The summed E-state index contributed by atoms with van der Waals surface area (Å²) in [7, 11) is 1.64. The molecule has 1 amide bonds. The highest BCUT2D eigenvalue weighted by molar-refractivity contribution is 5.78. The molecule has 1 aliphatic rings. The number of carbonyl (C=O) groups is 1. The fourth-order valence-electron chi connectivity index (χ4n) is 2.04. The van der Waals surface area contributed by atoms with Crippen LogP contribution in [-0.4, -0.2) is 36.7 Å². The number of hydrogen-bond acceptors (Lipinski definition) is 3. The Bertz CT molecular complexity index is 425. The Labute approximate surface area is 107 Å². The van der Waals surface area contributed by atoms with Crippen molar-refractivity contribution in [3.05, 3.63) is 29.8 Å². The van der Waals surface area contributed by atoms with Gasteiger partial charge in [-0.05, 0) is 31.5 Å². The van der Waals surface area contributed by atoms with E-state index in [1.165, 1.54) is 0 Å². The summed E-state index contributed by atoms with van der Waals surface area (Å²) in [5.74, 6) is 0.873. The molecule has 0 aromatic heterocycles. The largest absolute Gasteiger partial charge is 0.497 e. The summed E-state index contributed by atoms with van der Waals surface area (Å²) in [6.45, 7) is 5.41. The minimum Gasteiger partial charge on any atom is -0.497 e. The van der Waals surface area contributed by atoms with Crippen molar-refractivity contribution in [2.75, 3.05) is 20.3 Å². The Hall–Kier alpha value is -1.55. The molecular weight excluding hydrogens is 230 g/mol. The maximum atomic E-state index is 11.8. The van der Waals surface area contributed by atoms with Crippen molar-refractivity contribution in [3.8, 4) is 5.75 Å². The number of hydrogen-bond donors (Lipinski definition) is 0. The minimum absolute atomic E-state index is 0.0464. The molecule has 1 aromatic carbocycles. The predicted octanol–water partition coefficient (Wildman–Crippen LogP) is 1.83. The van der Waals surface area contributed by atoms with E-state index in [4.69, 9.17) is 9.47 Å². The third-order valence-corrected chi connectivity index (χ3v) is 3.04. The molecule has 4 heteroatoms. The van der Waals surface area contributed by atoms with Gasteiger partial charge in [-0.1, -0.05) is 12.1 Å². The van der Waals surface area contributed by atoms with Gasteiger partial charge in [-0.3, -0.25) is 4.79 Å². The molecule has 0 atom stereocenters. The van der Waals surface area contributed by atoms with E-state index in [1.54, 1.807) is 7.11 Å². The number of ether oxygens (including phenoxy) is 2. The second kappa shape index (κ2) is 4.98. The average Bonchev–Trinajstić information content (AvgIpc) is 2.35. The van der Waals surface area contributed by atoms with Gasteiger partial charge in [0.25, 0.3) is 0 Å². The van der Waals surface area contributed by atoms with E-state index in [1.807, 2.05) is 43.0 Å². The van der Waals surface area contributed by atoms with Crippen LogP contribution in [0.3, 0.4) is 0 Å². The first-order valence-electron chi connectivity index (χ1n) is 6.05. The fraction of sp³-hybridized carbons (Fsp3) is 0.500. The van der Waals surface area contributed by atoms with Gasteiger partial charge in [-0.2, -0.15) is 0 Å². The van der Waals surface area contributed by atoms with Crippen LogP contribution >= 0.6 is 0 Å². The topological polar surface area (TPSA) is 38.8 Å². The van der Waals surface area contributed by atoms with E-state index >= 15 is 0 Å². The molecule has 0 N–H and O–H groups in total. The highest BCUT2D eigenvalue weighted by atomic mass is 16.5. The molecule has 4 nitrogen and oxygen atoms in total. The third-order valence-electron chi connectivity index (χ3n) is 3.04. The van der Waals surface area contributed by atoms with Crippen LogP contribution in [-0.2, 0) is 16.1 Å². The Morgan fingerprint density at radius 1 is 1.33 bits per heavy atom. The lowest BCUT2D eigenvalue weighted by molar-refractivity contribution is -0.159. The van der Waals surface area contributed by atoms with Crippen molar-refractivity contribution in [1.29, 1.82) is 0 Å². The van der Waals surface area contributed by atoms with Crippen LogP contribution in [0.1, 0.15) is 19.4 Å². The van der Waals surface area contributed by atoms with Gasteiger partial charge in [0.1, 0.15) is 12.4 Å². The quantitative estimate of drug-likeness (QED) is 0.820. The lowest BCUT2D eigenvalue weighted by Gasteiger charge is -2.37. The highest BCUT2D eigenvalue weighted by Gasteiger charge is 2.31. The highest BCUT2D eigenvalue weighted by Crippen LogP contribution is 2.20. The third kappa shape index (κ3) is 3.01. The van der Waals surface area contributed by atoms with Crippen LogP contribution in [0.5, 0.6) is 5.75 Å². The smallest absolute Gasteiger partial charge is 0.248 e. The van der Waals surface area contributed by atoms with Crippen molar-refractivity contribution in [1.82, 2.24) is 4.90 Å². The first-order valence-corrected chi connectivity index (χ1v) is 6.05. The second-order valence-electron chi connectivity index (χ2n) is 5.15. The number of nitrogens with zero attached hydrogens (tertiary/aromatic N) is 1. The summed E-state index contributed by atoms with van der Waals surface area (Å²) in [6, 6.07) is 7.78. The number of rotatable bonds is 3. The van der Waals surface area contributed by atoms with Gasteiger partial charge in [0.15, 0.2) is 0 Å². The summed E-state index contributed by atoms with van der Waals surface area (Å²) in [5, 5.41) is 0. The SMILES string of the molecule is COc1ccc(CN2CC(C)(C)OCC2=O)cc1. The van der Waals surface area contributed by atoms with E-state index < -0.39 is 0 Å². The van der Waals surface area contributed by atoms with Crippen molar-refractivity contribution in [2.45, 2.75) is 26.0 Å². The van der Waals surface area contributed by atoms with Crippen molar-refractivity contribution in [3.63, 3.8) is 0 Å². The molecule has 1 aromatic rings. The number of amides is 1. The number of carbonyl (C=O) groups excluding carboxylic acids is 1. The summed E-state index contributed by atoms with van der Waals surface area (Å²) < 4.78 is 10.6. The molecule has 1 fully saturated rings. The molecule has 0 unspecified atom stereocenters. The fourth-order valence-corrected chi connectivity index (χ4v) is 2.04. The second-order valence-corrected chi connectivity index (χ2v) is 5.15. The zero-order valence-electron chi connectivity index (χ0n) is 11.1. The van der Waals surface area contributed by atoms with Crippen molar-refractivity contribution in [2.24, 2.45) is 0 Å². The Balaban J connectivity index is 2.04. The molecule has 98 valence electrons. The van der Waals surface area contributed by atoms with Crippen LogP contribution in [0.25, 0.3) is 0 Å². The maximum Gasteiger partial charge on any atom is 0.248 e. The molecule has 1 heterocycles. The van der Waals surface area contributed by atoms with Gasteiger partial charge in [0.05, 0.1) is 12.7 Å². The van der Waals surface area contributed by atoms with Gasteiger partial charge in [-0.15, -0.1) is 0 Å². The van der Waals surface area contributed by atoms with E-state index in [0.717, 1.165) is 11.3 Å². The number of methoxy groups -OCH3 is 1. The standard InChI is InChI=1S/C14H19NO3/c1-14(2)10-15(13(16)9-18-14)8-11-4-6-12(17-3)7-5-11/h4-7H,8-10H2,1-3H3. The van der Waals surface area contributed by atoms with Crippen LogP contribution in [0.2, 0.25) is 0 Å². The molecule has 2 rings (SSSR count). The van der Waals surface area contributed by atoms with Crippen LogP contribution in [0.15, 0.2) is 24.3 Å². The van der Waals surface area contributed by atoms with Crippen LogP contribution in [0, 0.1) is 0 Å². The molecule has 0 aliphatic carbocycles. The molecule has 0 bridgehead atoms. The van der Waals surface area contributed by atoms with Gasteiger partial charge in [0.2, 0.25) is 5.91 Å². The van der Waals surface area contributed by atoms with E-state index in [-0.39, 0.29) is 18.1 Å². The monoisotopic (exact) mass is 249 g/mol. The summed E-state index contributed by atoms with van der Waals surface area (Å²) >= 11 is 0. The van der Waals surface area contributed by atoms with Crippen LogP contribution < -0.4 is 4.74 Å². The first kappa shape index (κ1) is 12.9. The Morgan fingerprint density at radius 3 is 2.61 bits per heavy atom.